The van der Waals surface area contributed by atoms with Crippen molar-refractivity contribution in [1.29, 1.82) is 0 Å². The van der Waals surface area contributed by atoms with E-state index in [4.69, 9.17) is 11.0 Å². The first-order chi connectivity index (χ1) is 23.3. The zero-order valence-electron chi connectivity index (χ0n) is 25.1. The Morgan fingerprint density at radius 2 is 1.21 bits per heavy atom. The van der Waals surface area contributed by atoms with E-state index in [0.717, 1.165) is 49.4 Å². The molecule has 0 radical (unpaired) electrons. The molecule has 3 heterocycles. The number of aromatic nitrogens is 1. The van der Waals surface area contributed by atoms with E-state index in [1.807, 2.05) is 35.6 Å². The third-order valence-corrected chi connectivity index (χ3v) is 10.7. The minimum atomic E-state index is 0.651. The molecule has 47 heavy (non-hydrogen) atoms. The van der Waals surface area contributed by atoms with Gasteiger partial charge in [0, 0.05) is 31.6 Å². The monoisotopic (exact) mass is 616 g/mol. The minimum Gasteiger partial charge on any atom is -0.456 e. The molecule has 4 heteroatoms. The molecule has 0 aliphatic rings. The molecule has 0 spiro atoms. The van der Waals surface area contributed by atoms with Crippen molar-refractivity contribution >= 4 is 80.9 Å². The van der Waals surface area contributed by atoms with Crippen LogP contribution in [0.3, 0.4) is 0 Å². The van der Waals surface area contributed by atoms with Gasteiger partial charge < -0.3 is 8.98 Å². The smallest absolute Gasteiger partial charge is 0.188 e. The standard InChI is InChI=1S/C43H24N2OS/c1-44-27-21-24-36-34(25-27)29-13-5-7-17-35(29)45(36)37-18-9-16-33-41-31(23-22-28(43(41)47-42(33)37)26-11-3-2-4-12-26)30-15-10-20-39-40(30)32-14-6-8-19-38(32)46-39/h2-25H. The van der Waals surface area contributed by atoms with Crippen LogP contribution in [0, 0.1) is 6.57 Å². The Hall–Kier alpha value is -6.15. The van der Waals surface area contributed by atoms with Crippen molar-refractivity contribution < 1.29 is 4.42 Å². The van der Waals surface area contributed by atoms with Crippen molar-refractivity contribution in [3.05, 3.63) is 157 Å². The molecule has 10 aromatic rings. The van der Waals surface area contributed by atoms with Gasteiger partial charge in [-0.25, -0.2) is 4.85 Å². The second-order valence-corrected chi connectivity index (χ2v) is 13.0. The summed E-state index contributed by atoms with van der Waals surface area (Å²) in [5.74, 6) is 0. The summed E-state index contributed by atoms with van der Waals surface area (Å²) in [6.45, 7) is 7.65. The lowest BCUT2D eigenvalue weighted by atomic mass is 9.92. The molecule has 3 nitrogen and oxygen atoms in total. The molecule has 0 aliphatic carbocycles. The Bertz CT molecular complexity index is 2920. The highest BCUT2D eigenvalue weighted by molar-refractivity contribution is 7.27. The van der Waals surface area contributed by atoms with Crippen molar-refractivity contribution in [2.24, 2.45) is 0 Å². The van der Waals surface area contributed by atoms with Crippen LogP contribution in [0.2, 0.25) is 0 Å². The second-order valence-electron chi connectivity index (χ2n) is 11.9. The van der Waals surface area contributed by atoms with Crippen LogP contribution in [-0.2, 0) is 0 Å². The summed E-state index contributed by atoms with van der Waals surface area (Å²) >= 11 is 1.86. The molecule has 0 amide bonds. The van der Waals surface area contributed by atoms with Gasteiger partial charge in [-0.2, -0.15) is 0 Å². The van der Waals surface area contributed by atoms with E-state index in [1.165, 1.54) is 42.4 Å². The third kappa shape index (κ3) is 3.72. The lowest BCUT2D eigenvalue weighted by Crippen LogP contribution is -1.93. The fourth-order valence-electron chi connectivity index (χ4n) is 7.42. The van der Waals surface area contributed by atoms with Gasteiger partial charge in [-0.15, -0.1) is 11.3 Å². The molecule has 7 aromatic carbocycles. The molecule has 0 unspecified atom stereocenters. The Labute approximate surface area is 274 Å². The number of thiophene rings is 1. The van der Waals surface area contributed by atoms with Gasteiger partial charge in [-0.05, 0) is 64.0 Å². The molecular formula is C43H24N2OS. The van der Waals surface area contributed by atoms with Crippen molar-refractivity contribution in [3.8, 4) is 27.9 Å². The highest BCUT2D eigenvalue weighted by atomic mass is 32.1. The molecule has 0 saturated heterocycles. The lowest BCUT2D eigenvalue weighted by Gasteiger charge is -2.11. The normalized spacial score (nSPS) is 11.8. The third-order valence-electron chi connectivity index (χ3n) is 9.43. The van der Waals surface area contributed by atoms with Crippen LogP contribution in [0.25, 0.3) is 96.7 Å². The molecule has 0 atom stereocenters. The quantitative estimate of drug-likeness (QED) is 0.181. The van der Waals surface area contributed by atoms with Crippen LogP contribution >= 0.6 is 11.3 Å². The zero-order valence-corrected chi connectivity index (χ0v) is 25.9. The van der Waals surface area contributed by atoms with E-state index < -0.39 is 0 Å². The van der Waals surface area contributed by atoms with Crippen LogP contribution in [-0.4, -0.2) is 4.57 Å². The molecule has 0 saturated carbocycles. The van der Waals surface area contributed by atoms with E-state index in [-0.39, 0.29) is 0 Å². The van der Waals surface area contributed by atoms with Crippen LogP contribution in [0.15, 0.2) is 150 Å². The highest BCUT2D eigenvalue weighted by Crippen LogP contribution is 2.49. The lowest BCUT2D eigenvalue weighted by molar-refractivity contribution is 0.669. The van der Waals surface area contributed by atoms with Crippen molar-refractivity contribution in [1.82, 2.24) is 4.57 Å². The minimum absolute atomic E-state index is 0.651. The molecule has 3 aromatic heterocycles. The fraction of sp³-hybridized carbons (Fsp3) is 0. The van der Waals surface area contributed by atoms with Crippen molar-refractivity contribution in [2.75, 3.05) is 0 Å². The predicted molar refractivity (Wildman–Crippen MR) is 198 cm³/mol. The summed E-state index contributed by atoms with van der Waals surface area (Å²) in [7, 11) is 0. The van der Waals surface area contributed by atoms with Crippen LogP contribution in [0.4, 0.5) is 5.69 Å². The van der Waals surface area contributed by atoms with E-state index in [2.05, 4.69) is 131 Å². The molecule has 218 valence electrons. The molecule has 10 rings (SSSR count). The number of hydrogen-bond acceptors (Lipinski definition) is 2. The Morgan fingerprint density at radius 3 is 2.11 bits per heavy atom. The largest absolute Gasteiger partial charge is 0.456 e. The van der Waals surface area contributed by atoms with Gasteiger partial charge in [-0.3, -0.25) is 0 Å². The number of nitrogens with zero attached hydrogens (tertiary/aromatic N) is 2. The summed E-state index contributed by atoms with van der Waals surface area (Å²) in [6, 6.07) is 51.3. The average Bonchev–Trinajstić information content (AvgIpc) is 3.81. The number of fused-ring (bicyclic) bond motifs is 9. The summed E-state index contributed by atoms with van der Waals surface area (Å²) in [5, 5.41) is 6.99. The summed E-state index contributed by atoms with van der Waals surface area (Å²) in [4.78, 5) is 3.74. The summed E-state index contributed by atoms with van der Waals surface area (Å²) in [5.41, 5.74) is 10.6. The van der Waals surface area contributed by atoms with Gasteiger partial charge in [0.05, 0.1) is 28.0 Å². The first kappa shape index (κ1) is 26.1. The zero-order chi connectivity index (χ0) is 31.1. The van der Waals surface area contributed by atoms with Gasteiger partial charge >= 0.3 is 0 Å². The summed E-state index contributed by atoms with van der Waals surface area (Å²) in [6.07, 6.45) is 0. The van der Waals surface area contributed by atoms with E-state index in [1.54, 1.807) is 0 Å². The van der Waals surface area contributed by atoms with E-state index in [0.29, 0.717) is 5.69 Å². The topological polar surface area (TPSA) is 22.4 Å². The fourth-order valence-corrected chi connectivity index (χ4v) is 8.79. The van der Waals surface area contributed by atoms with Crippen LogP contribution < -0.4 is 0 Å². The van der Waals surface area contributed by atoms with Crippen molar-refractivity contribution in [2.45, 2.75) is 0 Å². The van der Waals surface area contributed by atoms with Gasteiger partial charge in [0.15, 0.2) is 5.69 Å². The maximum absolute atomic E-state index is 7.65. The van der Waals surface area contributed by atoms with Gasteiger partial charge in [0.25, 0.3) is 0 Å². The SMILES string of the molecule is [C-]#[N+]c1ccc2c(c1)c1ccccc1n2-c1cccc2c1sc1c(-c3ccccc3)ccc(-c3cccc4oc5ccccc5c34)c12. The Balaban J connectivity index is 1.35. The van der Waals surface area contributed by atoms with Gasteiger partial charge in [-0.1, -0.05) is 109 Å². The Morgan fingerprint density at radius 1 is 0.511 bits per heavy atom. The van der Waals surface area contributed by atoms with Crippen LogP contribution in [0.1, 0.15) is 0 Å². The summed E-state index contributed by atoms with van der Waals surface area (Å²) < 4.78 is 11.2. The maximum Gasteiger partial charge on any atom is 0.188 e. The number of para-hydroxylation sites is 2. The first-order valence-corrected chi connectivity index (χ1v) is 16.5. The van der Waals surface area contributed by atoms with E-state index >= 15 is 0 Å². The number of rotatable bonds is 3. The maximum atomic E-state index is 7.65. The predicted octanol–water partition coefficient (Wildman–Crippen LogP) is 12.9. The van der Waals surface area contributed by atoms with E-state index in [9.17, 15) is 0 Å². The van der Waals surface area contributed by atoms with Gasteiger partial charge in [0.1, 0.15) is 11.2 Å². The Kier molecular flexibility index (Phi) is 5.51. The molecule has 0 bridgehead atoms. The van der Waals surface area contributed by atoms with Gasteiger partial charge in [0.2, 0.25) is 0 Å². The molecular weight excluding hydrogens is 593 g/mol. The molecule has 0 aliphatic heterocycles. The number of furan rings is 1. The molecule has 0 N–H and O–H groups in total. The average molecular weight is 617 g/mol. The first-order valence-electron chi connectivity index (χ1n) is 15.6. The number of hydrogen-bond donors (Lipinski definition) is 0. The number of benzene rings is 7. The van der Waals surface area contributed by atoms with Crippen LogP contribution in [0.5, 0.6) is 0 Å². The van der Waals surface area contributed by atoms with Crippen molar-refractivity contribution in [3.63, 3.8) is 0 Å². The second kappa shape index (κ2) is 9.92. The highest BCUT2D eigenvalue weighted by Gasteiger charge is 2.22. The molecule has 0 fully saturated rings.